The molecule has 2 heterocycles. The number of para-hydroxylation sites is 1. The van der Waals surface area contributed by atoms with Gasteiger partial charge >= 0.3 is 0 Å². The number of fused-ring (bicyclic) bond motifs is 1. The lowest BCUT2D eigenvalue weighted by molar-refractivity contribution is 0.465. The second-order valence-corrected chi connectivity index (χ2v) is 6.06. The molecule has 0 saturated heterocycles. The molecule has 0 radical (unpaired) electrons. The molecular weight excluding hydrogens is 282 g/mol. The Labute approximate surface area is 127 Å². The van der Waals surface area contributed by atoms with Crippen LogP contribution in [0.25, 0.3) is 10.2 Å². The Hall–Kier alpha value is -2.14. The van der Waals surface area contributed by atoms with Crippen LogP contribution < -0.4 is 10.1 Å². The van der Waals surface area contributed by atoms with E-state index >= 15 is 0 Å². The molecule has 0 fully saturated rings. The smallest absolute Gasteiger partial charge is 0.232 e. The van der Waals surface area contributed by atoms with E-state index in [0.717, 1.165) is 28.1 Å². The highest BCUT2D eigenvalue weighted by Crippen LogP contribution is 2.34. The van der Waals surface area contributed by atoms with Gasteiger partial charge in [0.15, 0.2) is 0 Å². The van der Waals surface area contributed by atoms with E-state index in [-0.39, 0.29) is 0 Å². The number of thiophene rings is 1. The van der Waals surface area contributed by atoms with Gasteiger partial charge in [-0.25, -0.2) is 4.98 Å². The van der Waals surface area contributed by atoms with Crippen molar-refractivity contribution in [3.63, 3.8) is 0 Å². The second-order valence-electron chi connectivity index (χ2n) is 4.83. The Kier molecular flexibility index (Phi) is 3.75. The van der Waals surface area contributed by atoms with Gasteiger partial charge in [0.2, 0.25) is 11.8 Å². The number of nitrogens with zero attached hydrogens (tertiary/aromatic N) is 2. The predicted molar refractivity (Wildman–Crippen MR) is 87.6 cm³/mol. The van der Waals surface area contributed by atoms with Gasteiger partial charge in [-0.3, -0.25) is 0 Å². The number of ether oxygens (including phenoxy) is 1. The Morgan fingerprint density at radius 1 is 1.19 bits per heavy atom. The summed E-state index contributed by atoms with van der Waals surface area (Å²) in [5, 5.41) is 4.11. The van der Waals surface area contributed by atoms with Gasteiger partial charge in [-0.2, -0.15) is 4.98 Å². The summed E-state index contributed by atoms with van der Waals surface area (Å²) < 4.78 is 6.04. The summed E-state index contributed by atoms with van der Waals surface area (Å²) in [5.74, 6) is 2.04. The molecule has 0 bridgehead atoms. The minimum absolute atomic E-state index is 0.606. The Bertz CT molecular complexity index is 782. The van der Waals surface area contributed by atoms with Gasteiger partial charge in [0, 0.05) is 11.4 Å². The van der Waals surface area contributed by atoms with Crippen LogP contribution in [0, 0.1) is 13.8 Å². The monoisotopic (exact) mass is 299 g/mol. The fraction of sp³-hybridized carbons (Fsp3) is 0.250. The molecule has 3 rings (SSSR count). The zero-order chi connectivity index (χ0) is 14.8. The normalized spacial score (nSPS) is 10.8. The first-order valence-corrected chi connectivity index (χ1v) is 7.74. The van der Waals surface area contributed by atoms with E-state index in [0.29, 0.717) is 11.8 Å². The predicted octanol–water partition coefficient (Wildman–Crippen LogP) is 4.53. The molecular formula is C16H17N3OS. The maximum atomic E-state index is 6.04. The van der Waals surface area contributed by atoms with Gasteiger partial charge in [0.25, 0.3) is 0 Å². The Morgan fingerprint density at radius 2 is 2.00 bits per heavy atom. The molecule has 0 amide bonds. The van der Waals surface area contributed by atoms with Gasteiger partial charge in [-0.1, -0.05) is 18.2 Å². The molecule has 2 aromatic heterocycles. The average molecular weight is 299 g/mol. The molecule has 0 aliphatic heterocycles. The van der Waals surface area contributed by atoms with E-state index in [2.05, 4.69) is 28.3 Å². The van der Waals surface area contributed by atoms with Crippen molar-refractivity contribution >= 4 is 27.5 Å². The molecule has 0 atom stereocenters. The van der Waals surface area contributed by atoms with Gasteiger partial charge in [0.1, 0.15) is 10.6 Å². The van der Waals surface area contributed by atoms with E-state index < -0.39 is 0 Å². The highest BCUT2D eigenvalue weighted by Gasteiger charge is 2.13. The number of nitrogens with one attached hydrogen (secondary N) is 1. The summed E-state index contributed by atoms with van der Waals surface area (Å²) in [4.78, 5) is 11.2. The van der Waals surface area contributed by atoms with Crippen LogP contribution in [-0.2, 0) is 0 Å². The van der Waals surface area contributed by atoms with Crippen molar-refractivity contribution in [3.8, 4) is 11.6 Å². The van der Waals surface area contributed by atoms with Crippen LogP contribution in [0.3, 0.4) is 0 Å². The fourth-order valence-electron chi connectivity index (χ4n) is 2.11. The van der Waals surface area contributed by atoms with E-state index in [1.807, 2.05) is 38.1 Å². The molecule has 3 aromatic rings. The molecule has 0 aliphatic carbocycles. The first-order valence-electron chi connectivity index (χ1n) is 6.93. The Morgan fingerprint density at radius 3 is 2.76 bits per heavy atom. The molecule has 108 valence electrons. The van der Waals surface area contributed by atoms with E-state index in [1.54, 1.807) is 11.3 Å². The number of hydrogen-bond acceptors (Lipinski definition) is 5. The lowest BCUT2D eigenvalue weighted by atomic mass is 10.2. The van der Waals surface area contributed by atoms with Crippen LogP contribution in [-0.4, -0.2) is 16.5 Å². The van der Waals surface area contributed by atoms with Crippen molar-refractivity contribution < 1.29 is 4.74 Å². The summed E-state index contributed by atoms with van der Waals surface area (Å²) in [7, 11) is 0. The van der Waals surface area contributed by atoms with Crippen LogP contribution in [0.2, 0.25) is 0 Å². The molecule has 0 spiro atoms. The minimum Gasteiger partial charge on any atom is -0.438 e. The van der Waals surface area contributed by atoms with E-state index in [9.17, 15) is 0 Å². The maximum Gasteiger partial charge on any atom is 0.232 e. The zero-order valence-electron chi connectivity index (χ0n) is 12.3. The largest absolute Gasteiger partial charge is 0.438 e. The van der Waals surface area contributed by atoms with Crippen molar-refractivity contribution in [2.45, 2.75) is 20.8 Å². The highest BCUT2D eigenvalue weighted by molar-refractivity contribution is 7.18. The van der Waals surface area contributed by atoms with Gasteiger partial charge in [-0.05, 0) is 38.5 Å². The van der Waals surface area contributed by atoms with Crippen molar-refractivity contribution in [3.05, 3.63) is 40.8 Å². The summed E-state index contributed by atoms with van der Waals surface area (Å²) in [5.41, 5.74) is 1.08. The number of aromatic nitrogens is 2. The first kappa shape index (κ1) is 13.8. The molecule has 5 heteroatoms. The lowest BCUT2D eigenvalue weighted by Gasteiger charge is -2.10. The summed E-state index contributed by atoms with van der Waals surface area (Å²) >= 11 is 1.65. The van der Waals surface area contributed by atoms with Crippen LogP contribution in [0.1, 0.15) is 17.4 Å². The number of rotatable bonds is 4. The molecule has 0 saturated carbocycles. The third-order valence-electron chi connectivity index (χ3n) is 3.12. The summed E-state index contributed by atoms with van der Waals surface area (Å²) in [6, 6.07) is 10.0. The van der Waals surface area contributed by atoms with Crippen LogP contribution >= 0.6 is 11.3 Å². The Balaban J connectivity index is 2.09. The van der Waals surface area contributed by atoms with Crippen LogP contribution in [0.4, 0.5) is 5.95 Å². The zero-order valence-corrected chi connectivity index (χ0v) is 13.1. The number of hydrogen-bond donors (Lipinski definition) is 1. The van der Waals surface area contributed by atoms with Crippen LogP contribution in [0.5, 0.6) is 11.6 Å². The van der Waals surface area contributed by atoms with Gasteiger partial charge < -0.3 is 10.1 Å². The number of aryl methyl sites for hydroxylation is 2. The van der Waals surface area contributed by atoms with E-state index in [1.165, 1.54) is 4.88 Å². The van der Waals surface area contributed by atoms with Crippen molar-refractivity contribution in [2.75, 3.05) is 11.9 Å². The van der Waals surface area contributed by atoms with Crippen molar-refractivity contribution in [1.29, 1.82) is 0 Å². The summed E-state index contributed by atoms with van der Waals surface area (Å²) in [6.07, 6.45) is 0. The third kappa shape index (κ3) is 2.83. The highest BCUT2D eigenvalue weighted by atomic mass is 32.1. The lowest BCUT2D eigenvalue weighted by Crippen LogP contribution is -2.03. The summed E-state index contributed by atoms with van der Waals surface area (Å²) in [6.45, 7) is 6.89. The van der Waals surface area contributed by atoms with Crippen molar-refractivity contribution in [2.24, 2.45) is 0 Å². The quantitative estimate of drug-likeness (QED) is 0.768. The molecule has 0 aliphatic rings. The van der Waals surface area contributed by atoms with E-state index in [4.69, 9.17) is 4.74 Å². The molecule has 4 nitrogen and oxygen atoms in total. The molecule has 21 heavy (non-hydrogen) atoms. The van der Waals surface area contributed by atoms with Gasteiger partial charge in [0.05, 0.1) is 5.39 Å². The first-order chi connectivity index (χ1) is 10.2. The fourth-order valence-corrected chi connectivity index (χ4v) is 2.98. The minimum atomic E-state index is 0.606. The molecule has 1 aromatic carbocycles. The topological polar surface area (TPSA) is 47.0 Å². The van der Waals surface area contributed by atoms with Gasteiger partial charge in [-0.15, -0.1) is 11.3 Å². The maximum absolute atomic E-state index is 6.04. The molecule has 1 N–H and O–H groups in total. The van der Waals surface area contributed by atoms with Crippen molar-refractivity contribution in [1.82, 2.24) is 9.97 Å². The second kappa shape index (κ2) is 5.69. The standard InChI is InChI=1S/C16H17N3OS/c1-4-17-16-18-14(12-9-11(3)21-15(12)19-16)20-13-8-6-5-7-10(13)2/h5-9H,4H2,1-3H3,(H,17,18,19). The van der Waals surface area contributed by atoms with Crippen LogP contribution in [0.15, 0.2) is 30.3 Å². The SMILES string of the molecule is CCNc1nc(Oc2ccccc2C)c2cc(C)sc2n1. The number of anilines is 1. The molecule has 0 unspecified atom stereocenters. The third-order valence-corrected chi connectivity index (χ3v) is 4.06. The average Bonchev–Trinajstić information content (AvgIpc) is 2.82. The number of benzene rings is 1.